The van der Waals surface area contributed by atoms with Crippen molar-refractivity contribution in [1.82, 2.24) is 15.5 Å². The zero-order chi connectivity index (χ0) is 18.5. The molecule has 26 heavy (non-hydrogen) atoms. The number of carbonyl (C=O) groups is 1. The van der Waals surface area contributed by atoms with E-state index >= 15 is 0 Å². The summed E-state index contributed by atoms with van der Waals surface area (Å²) in [6.07, 6.45) is 4.66. The summed E-state index contributed by atoms with van der Waals surface area (Å²) >= 11 is 0. The van der Waals surface area contributed by atoms with Crippen molar-refractivity contribution in [2.24, 2.45) is 0 Å². The molecule has 1 fully saturated rings. The van der Waals surface area contributed by atoms with Crippen LogP contribution in [0.1, 0.15) is 49.8 Å². The van der Waals surface area contributed by atoms with E-state index in [0.29, 0.717) is 0 Å². The van der Waals surface area contributed by atoms with Crippen LogP contribution in [-0.4, -0.2) is 43.2 Å². The lowest BCUT2D eigenvalue weighted by Gasteiger charge is -2.33. The van der Waals surface area contributed by atoms with Gasteiger partial charge in [0.1, 0.15) is 5.75 Å². The molecular formula is C19H27F2N3O2. The molecule has 1 aromatic rings. The van der Waals surface area contributed by atoms with E-state index in [1.807, 2.05) is 0 Å². The highest BCUT2D eigenvalue weighted by atomic mass is 19.3. The van der Waals surface area contributed by atoms with Gasteiger partial charge in [-0.1, -0.05) is 13.0 Å². The monoisotopic (exact) mass is 367 g/mol. The van der Waals surface area contributed by atoms with Crippen molar-refractivity contribution < 1.29 is 18.3 Å². The number of carbonyl (C=O) groups excluding carboxylic acids is 1. The van der Waals surface area contributed by atoms with Gasteiger partial charge in [0.15, 0.2) is 0 Å². The van der Waals surface area contributed by atoms with Gasteiger partial charge in [-0.15, -0.1) is 0 Å². The van der Waals surface area contributed by atoms with E-state index in [4.69, 9.17) is 0 Å². The SMILES string of the molecule is CCN1CCC[C@@H](NC(=O)N[C@@H]2CCCc3cc(OC(F)F)ccc32)C1. The average molecular weight is 367 g/mol. The predicted molar refractivity (Wildman–Crippen MR) is 95.6 cm³/mol. The fourth-order valence-electron chi connectivity index (χ4n) is 3.96. The van der Waals surface area contributed by atoms with Crippen molar-refractivity contribution in [1.29, 1.82) is 0 Å². The first-order valence-corrected chi connectivity index (χ1v) is 9.42. The number of fused-ring (bicyclic) bond motifs is 1. The first-order valence-electron chi connectivity index (χ1n) is 9.42. The molecule has 0 radical (unpaired) electrons. The highest BCUT2D eigenvalue weighted by Gasteiger charge is 2.25. The molecular weight excluding hydrogens is 340 g/mol. The van der Waals surface area contributed by atoms with Crippen LogP contribution in [0, 0.1) is 0 Å². The Morgan fingerprint density at radius 2 is 2.15 bits per heavy atom. The molecule has 2 aliphatic rings. The predicted octanol–water partition coefficient (Wildman–Crippen LogP) is 3.45. The Kier molecular flexibility index (Phi) is 6.29. The topological polar surface area (TPSA) is 53.6 Å². The summed E-state index contributed by atoms with van der Waals surface area (Å²) in [4.78, 5) is 14.8. The molecule has 3 rings (SSSR count). The standard InChI is InChI=1S/C19H27F2N3O2/c1-2-24-10-4-6-14(12-24)22-19(25)23-17-7-3-5-13-11-15(26-18(20)21)8-9-16(13)17/h8-9,11,14,17-18H,2-7,10,12H2,1H3,(H2,22,23,25)/t14-,17-/m1/s1. The molecule has 1 saturated heterocycles. The zero-order valence-electron chi connectivity index (χ0n) is 15.1. The third-order valence-corrected chi connectivity index (χ3v) is 5.25. The van der Waals surface area contributed by atoms with Crippen LogP contribution in [0.15, 0.2) is 18.2 Å². The van der Waals surface area contributed by atoms with Gasteiger partial charge in [0.05, 0.1) is 6.04 Å². The third-order valence-electron chi connectivity index (χ3n) is 5.25. The van der Waals surface area contributed by atoms with Gasteiger partial charge in [0, 0.05) is 12.6 Å². The Balaban J connectivity index is 1.59. The number of nitrogens with one attached hydrogen (secondary N) is 2. The van der Waals surface area contributed by atoms with E-state index in [1.54, 1.807) is 18.2 Å². The first-order chi connectivity index (χ1) is 12.5. The van der Waals surface area contributed by atoms with Crippen molar-refractivity contribution in [3.63, 3.8) is 0 Å². The van der Waals surface area contributed by atoms with Crippen LogP contribution in [0.5, 0.6) is 5.75 Å². The van der Waals surface area contributed by atoms with E-state index in [-0.39, 0.29) is 23.9 Å². The average Bonchev–Trinajstić information content (AvgIpc) is 2.61. The number of aryl methyl sites for hydroxylation is 1. The van der Waals surface area contributed by atoms with Crippen LogP contribution >= 0.6 is 0 Å². The second-order valence-electron chi connectivity index (χ2n) is 7.03. The smallest absolute Gasteiger partial charge is 0.387 e. The normalized spacial score (nSPS) is 23.4. The number of rotatable bonds is 5. The number of likely N-dealkylation sites (tertiary alicyclic amines) is 1. The minimum atomic E-state index is -2.82. The number of halogens is 2. The molecule has 1 aliphatic heterocycles. The summed E-state index contributed by atoms with van der Waals surface area (Å²) in [5.41, 5.74) is 1.96. The maximum Gasteiger partial charge on any atom is 0.387 e. The van der Waals surface area contributed by atoms with E-state index < -0.39 is 6.61 Å². The van der Waals surface area contributed by atoms with Crippen LogP contribution in [0.3, 0.4) is 0 Å². The molecule has 1 aromatic carbocycles. The number of nitrogens with zero attached hydrogens (tertiary/aromatic N) is 1. The Labute approximate surface area is 153 Å². The van der Waals surface area contributed by atoms with Gasteiger partial charge in [0.2, 0.25) is 0 Å². The number of ether oxygens (including phenoxy) is 1. The molecule has 0 unspecified atom stereocenters. The second-order valence-corrected chi connectivity index (χ2v) is 7.03. The minimum absolute atomic E-state index is 0.0924. The number of alkyl halides is 2. The quantitative estimate of drug-likeness (QED) is 0.838. The van der Waals surface area contributed by atoms with Crippen LogP contribution in [0.4, 0.5) is 13.6 Å². The van der Waals surface area contributed by atoms with Gasteiger partial charge in [0.25, 0.3) is 0 Å². The summed E-state index contributed by atoms with van der Waals surface area (Å²) in [5, 5.41) is 6.14. The molecule has 144 valence electrons. The van der Waals surface area contributed by atoms with Gasteiger partial charge in [-0.25, -0.2) is 4.79 Å². The Bertz CT molecular complexity index is 627. The van der Waals surface area contributed by atoms with Crippen LogP contribution in [0.25, 0.3) is 0 Å². The number of benzene rings is 1. The van der Waals surface area contributed by atoms with Crippen LogP contribution in [0.2, 0.25) is 0 Å². The Morgan fingerprint density at radius 1 is 1.31 bits per heavy atom. The molecule has 5 nitrogen and oxygen atoms in total. The highest BCUT2D eigenvalue weighted by Crippen LogP contribution is 2.32. The van der Waals surface area contributed by atoms with E-state index in [0.717, 1.165) is 62.9 Å². The number of piperidine rings is 1. The number of hydrogen-bond donors (Lipinski definition) is 2. The first kappa shape index (κ1) is 18.9. The van der Waals surface area contributed by atoms with Gasteiger partial charge in [-0.05, 0) is 68.5 Å². The minimum Gasteiger partial charge on any atom is -0.435 e. The fraction of sp³-hybridized carbons (Fsp3) is 0.632. The summed E-state index contributed by atoms with van der Waals surface area (Å²) in [7, 11) is 0. The zero-order valence-corrected chi connectivity index (χ0v) is 15.1. The lowest BCUT2D eigenvalue weighted by Crippen LogP contribution is -2.51. The fourth-order valence-corrected chi connectivity index (χ4v) is 3.96. The number of likely N-dealkylation sites (N-methyl/N-ethyl adjacent to an activating group) is 1. The summed E-state index contributed by atoms with van der Waals surface area (Å²) in [6.45, 7) is 2.29. The highest BCUT2D eigenvalue weighted by molar-refractivity contribution is 5.75. The maximum absolute atomic E-state index is 12.4. The number of urea groups is 1. The maximum atomic E-state index is 12.4. The van der Waals surface area contributed by atoms with Crippen molar-refractivity contribution in [2.45, 2.75) is 57.7 Å². The van der Waals surface area contributed by atoms with Crippen molar-refractivity contribution in [3.8, 4) is 5.75 Å². The third kappa shape index (κ3) is 4.84. The largest absolute Gasteiger partial charge is 0.435 e. The molecule has 0 spiro atoms. The molecule has 0 aromatic heterocycles. The number of amides is 2. The summed E-state index contributed by atoms with van der Waals surface area (Å²) in [5.74, 6) is 0.172. The van der Waals surface area contributed by atoms with Crippen LogP contribution < -0.4 is 15.4 Å². The van der Waals surface area contributed by atoms with E-state index in [2.05, 4.69) is 27.2 Å². The lowest BCUT2D eigenvalue weighted by molar-refractivity contribution is -0.0499. The lowest BCUT2D eigenvalue weighted by atomic mass is 9.87. The molecule has 2 amide bonds. The van der Waals surface area contributed by atoms with E-state index in [9.17, 15) is 13.6 Å². The van der Waals surface area contributed by atoms with Gasteiger partial charge >= 0.3 is 12.6 Å². The van der Waals surface area contributed by atoms with Crippen LogP contribution in [-0.2, 0) is 6.42 Å². The summed E-state index contributed by atoms with van der Waals surface area (Å²) in [6, 6.07) is 4.92. The van der Waals surface area contributed by atoms with Crippen molar-refractivity contribution in [3.05, 3.63) is 29.3 Å². The molecule has 2 N–H and O–H groups in total. The molecule has 0 saturated carbocycles. The molecule has 2 atom stereocenters. The Morgan fingerprint density at radius 3 is 2.92 bits per heavy atom. The second kappa shape index (κ2) is 8.66. The van der Waals surface area contributed by atoms with Gasteiger partial charge in [-0.2, -0.15) is 8.78 Å². The van der Waals surface area contributed by atoms with Gasteiger partial charge in [-0.3, -0.25) is 0 Å². The van der Waals surface area contributed by atoms with Crippen molar-refractivity contribution in [2.75, 3.05) is 19.6 Å². The van der Waals surface area contributed by atoms with Gasteiger partial charge < -0.3 is 20.3 Å². The van der Waals surface area contributed by atoms with Crippen molar-refractivity contribution >= 4 is 6.03 Å². The molecule has 1 aliphatic carbocycles. The molecule has 7 heteroatoms. The van der Waals surface area contributed by atoms with E-state index in [1.165, 1.54) is 0 Å². The molecule has 0 bridgehead atoms. The number of hydrogen-bond acceptors (Lipinski definition) is 3. The summed E-state index contributed by atoms with van der Waals surface area (Å²) < 4.78 is 29.3. The Hall–Kier alpha value is -1.89. The molecule has 1 heterocycles.